The Morgan fingerprint density at radius 1 is 1.19 bits per heavy atom. The quantitative estimate of drug-likeness (QED) is 0.651. The van der Waals surface area contributed by atoms with E-state index in [0.717, 1.165) is 5.56 Å². The predicted molar refractivity (Wildman–Crippen MR) is 59.7 cm³/mol. The molecule has 3 atom stereocenters. The molecule has 1 aliphatic heterocycles. The molecule has 16 heavy (non-hydrogen) atoms. The molecular formula is C12H17NO3. The van der Waals surface area contributed by atoms with Crippen LogP contribution in [0.25, 0.3) is 0 Å². The Labute approximate surface area is 94.8 Å². The molecule has 4 nitrogen and oxygen atoms in total. The van der Waals surface area contributed by atoms with E-state index in [1.54, 1.807) is 0 Å². The number of hydrogen-bond acceptors (Lipinski definition) is 4. The molecule has 0 unspecified atom stereocenters. The monoisotopic (exact) mass is 223 g/mol. The zero-order valence-corrected chi connectivity index (χ0v) is 9.03. The van der Waals surface area contributed by atoms with Crippen molar-refractivity contribution in [1.82, 2.24) is 4.90 Å². The number of rotatable bonds is 3. The lowest BCUT2D eigenvalue weighted by atomic mass is 10.1. The SMILES string of the molecule is OC[C@H]1[C@H](O)[C@@H](O)CN1Cc1ccccc1. The number of hydrogen-bond donors (Lipinski definition) is 3. The molecule has 0 saturated carbocycles. The smallest absolute Gasteiger partial charge is 0.0988 e. The summed E-state index contributed by atoms with van der Waals surface area (Å²) >= 11 is 0. The highest BCUT2D eigenvalue weighted by molar-refractivity contribution is 5.15. The molecule has 0 spiro atoms. The van der Waals surface area contributed by atoms with Crippen LogP contribution >= 0.6 is 0 Å². The summed E-state index contributed by atoms with van der Waals surface area (Å²) in [6, 6.07) is 9.46. The van der Waals surface area contributed by atoms with E-state index >= 15 is 0 Å². The highest BCUT2D eigenvalue weighted by atomic mass is 16.3. The van der Waals surface area contributed by atoms with E-state index in [9.17, 15) is 15.3 Å². The Kier molecular flexibility index (Phi) is 3.56. The van der Waals surface area contributed by atoms with E-state index in [4.69, 9.17) is 0 Å². The van der Waals surface area contributed by atoms with Crippen LogP contribution in [0.3, 0.4) is 0 Å². The van der Waals surface area contributed by atoms with Gasteiger partial charge in [-0.15, -0.1) is 0 Å². The third-order valence-corrected chi connectivity index (χ3v) is 3.09. The summed E-state index contributed by atoms with van der Waals surface area (Å²) in [5.41, 5.74) is 1.11. The van der Waals surface area contributed by atoms with Crippen molar-refractivity contribution in [3.05, 3.63) is 35.9 Å². The number of nitrogens with zero attached hydrogens (tertiary/aromatic N) is 1. The van der Waals surface area contributed by atoms with Gasteiger partial charge in [-0.3, -0.25) is 4.90 Å². The minimum Gasteiger partial charge on any atom is -0.395 e. The lowest BCUT2D eigenvalue weighted by molar-refractivity contribution is 0.0210. The summed E-state index contributed by atoms with van der Waals surface area (Å²) in [6.45, 7) is 0.909. The molecule has 88 valence electrons. The Balaban J connectivity index is 2.05. The van der Waals surface area contributed by atoms with E-state index in [0.29, 0.717) is 13.1 Å². The molecular weight excluding hydrogens is 206 g/mol. The van der Waals surface area contributed by atoms with Crippen LogP contribution in [-0.4, -0.2) is 51.6 Å². The average molecular weight is 223 g/mol. The largest absolute Gasteiger partial charge is 0.395 e. The number of aliphatic hydroxyl groups excluding tert-OH is 3. The standard InChI is InChI=1S/C12H17NO3/c14-8-10-12(16)11(15)7-13(10)6-9-4-2-1-3-5-9/h1-5,10-12,14-16H,6-8H2/t10-,11-,12-/m0/s1. The molecule has 0 radical (unpaired) electrons. The summed E-state index contributed by atoms with van der Waals surface area (Å²) in [6.07, 6.45) is -1.62. The van der Waals surface area contributed by atoms with Gasteiger partial charge in [0.2, 0.25) is 0 Å². The third kappa shape index (κ3) is 2.25. The van der Waals surface area contributed by atoms with Crippen molar-refractivity contribution in [3.63, 3.8) is 0 Å². The topological polar surface area (TPSA) is 63.9 Å². The molecule has 0 aromatic heterocycles. The molecule has 1 aliphatic rings. The average Bonchev–Trinajstić information content (AvgIpc) is 2.56. The van der Waals surface area contributed by atoms with E-state index < -0.39 is 12.2 Å². The van der Waals surface area contributed by atoms with E-state index in [2.05, 4.69) is 0 Å². The van der Waals surface area contributed by atoms with Crippen LogP contribution in [0.4, 0.5) is 0 Å². The molecule has 4 heteroatoms. The second-order valence-electron chi connectivity index (χ2n) is 4.22. The van der Waals surface area contributed by atoms with E-state index in [-0.39, 0.29) is 12.6 Å². The number of β-amino-alcohol motifs (C(OH)–C–C–N with tert-alkyl or cyclic N) is 1. The first kappa shape index (κ1) is 11.5. The predicted octanol–water partition coefficient (Wildman–Crippen LogP) is -0.415. The van der Waals surface area contributed by atoms with Gasteiger partial charge in [0, 0.05) is 13.1 Å². The summed E-state index contributed by atoms with van der Waals surface area (Å²) in [4.78, 5) is 1.91. The van der Waals surface area contributed by atoms with Gasteiger partial charge in [-0.2, -0.15) is 0 Å². The Morgan fingerprint density at radius 3 is 2.50 bits per heavy atom. The second-order valence-corrected chi connectivity index (χ2v) is 4.22. The molecule has 0 amide bonds. The van der Waals surface area contributed by atoms with Crippen molar-refractivity contribution in [2.75, 3.05) is 13.2 Å². The van der Waals surface area contributed by atoms with Crippen LogP contribution in [0.2, 0.25) is 0 Å². The van der Waals surface area contributed by atoms with Crippen LogP contribution in [0.5, 0.6) is 0 Å². The maximum absolute atomic E-state index is 9.65. The van der Waals surface area contributed by atoms with Gasteiger partial charge in [0.15, 0.2) is 0 Å². The summed E-state index contributed by atoms with van der Waals surface area (Å²) < 4.78 is 0. The second kappa shape index (κ2) is 4.93. The summed E-state index contributed by atoms with van der Waals surface area (Å²) in [7, 11) is 0. The van der Waals surface area contributed by atoms with Crippen LogP contribution in [0, 0.1) is 0 Å². The van der Waals surface area contributed by atoms with Gasteiger partial charge < -0.3 is 15.3 Å². The van der Waals surface area contributed by atoms with Crippen LogP contribution in [-0.2, 0) is 6.54 Å². The van der Waals surface area contributed by atoms with Crippen molar-refractivity contribution in [3.8, 4) is 0 Å². The minimum atomic E-state index is -0.853. The fourth-order valence-corrected chi connectivity index (χ4v) is 2.18. The lowest BCUT2D eigenvalue weighted by Crippen LogP contribution is -2.38. The number of likely N-dealkylation sites (tertiary alicyclic amines) is 1. The normalized spacial score (nSPS) is 30.8. The van der Waals surface area contributed by atoms with Crippen LogP contribution < -0.4 is 0 Å². The highest BCUT2D eigenvalue weighted by Gasteiger charge is 2.38. The number of aliphatic hydroxyl groups is 3. The maximum atomic E-state index is 9.65. The minimum absolute atomic E-state index is 0.134. The molecule has 0 bridgehead atoms. The maximum Gasteiger partial charge on any atom is 0.0988 e. The first-order valence-corrected chi connectivity index (χ1v) is 5.47. The van der Waals surface area contributed by atoms with Gasteiger partial charge in [0.05, 0.1) is 24.9 Å². The van der Waals surface area contributed by atoms with Gasteiger partial charge in [-0.05, 0) is 5.56 Å². The van der Waals surface area contributed by atoms with Crippen molar-refractivity contribution >= 4 is 0 Å². The van der Waals surface area contributed by atoms with Crippen LogP contribution in [0.1, 0.15) is 5.56 Å². The summed E-state index contributed by atoms with van der Waals surface area (Å²) in [5, 5.41) is 28.4. The molecule has 1 heterocycles. The lowest BCUT2D eigenvalue weighted by Gasteiger charge is -2.23. The van der Waals surface area contributed by atoms with Gasteiger partial charge in [0.25, 0.3) is 0 Å². The Morgan fingerprint density at radius 2 is 1.88 bits per heavy atom. The van der Waals surface area contributed by atoms with Gasteiger partial charge >= 0.3 is 0 Å². The van der Waals surface area contributed by atoms with Crippen molar-refractivity contribution < 1.29 is 15.3 Å². The fraction of sp³-hybridized carbons (Fsp3) is 0.500. The van der Waals surface area contributed by atoms with Gasteiger partial charge in [0.1, 0.15) is 0 Å². The van der Waals surface area contributed by atoms with Crippen molar-refractivity contribution in [2.24, 2.45) is 0 Å². The molecule has 1 fully saturated rings. The number of benzene rings is 1. The molecule has 1 aromatic carbocycles. The van der Waals surface area contributed by atoms with Gasteiger partial charge in [-0.1, -0.05) is 30.3 Å². The Hall–Kier alpha value is -0.940. The first-order chi connectivity index (χ1) is 7.72. The first-order valence-electron chi connectivity index (χ1n) is 5.47. The highest BCUT2D eigenvalue weighted by Crippen LogP contribution is 2.20. The molecule has 3 N–H and O–H groups in total. The third-order valence-electron chi connectivity index (χ3n) is 3.09. The zero-order valence-electron chi connectivity index (χ0n) is 9.03. The molecule has 1 saturated heterocycles. The molecule has 0 aliphatic carbocycles. The van der Waals surface area contributed by atoms with Crippen molar-refractivity contribution in [1.29, 1.82) is 0 Å². The molecule has 1 aromatic rings. The van der Waals surface area contributed by atoms with Crippen LogP contribution in [0.15, 0.2) is 30.3 Å². The fourth-order valence-electron chi connectivity index (χ4n) is 2.18. The van der Waals surface area contributed by atoms with Gasteiger partial charge in [-0.25, -0.2) is 0 Å². The van der Waals surface area contributed by atoms with Crippen molar-refractivity contribution in [2.45, 2.75) is 24.8 Å². The summed E-state index contributed by atoms with van der Waals surface area (Å²) in [5.74, 6) is 0. The molecule has 2 rings (SSSR count). The Bertz CT molecular complexity index is 330. The van der Waals surface area contributed by atoms with E-state index in [1.165, 1.54) is 0 Å². The zero-order chi connectivity index (χ0) is 11.5. The van der Waals surface area contributed by atoms with E-state index in [1.807, 2.05) is 35.2 Å².